The molecule has 0 atom stereocenters. The lowest BCUT2D eigenvalue weighted by Crippen LogP contribution is -2.42. The van der Waals surface area contributed by atoms with Gasteiger partial charge in [-0.25, -0.2) is 4.79 Å². The number of urea groups is 1. The number of nitrogens with one attached hydrogen (secondary N) is 3. The van der Waals surface area contributed by atoms with Crippen molar-refractivity contribution in [1.29, 1.82) is 0 Å². The minimum absolute atomic E-state index is 0.105. The van der Waals surface area contributed by atoms with Crippen molar-refractivity contribution in [2.45, 2.75) is 37.8 Å². The molecule has 1 aliphatic rings. The Kier molecular flexibility index (Phi) is 5.25. The van der Waals surface area contributed by atoms with Gasteiger partial charge in [-0.3, -0.25) is 3.53 Å². The van der Waals surface area contributed by atoms with Crippen LogP contribution < -0.4 is 14.2 Å². The Bertz CT molecular complexity index is 377. The summed E-state index contributed by atoms with van der Waals surface area (Å²) >= 11 is 2.20. The second-order valence-corrected chi connectivity index (χ2v) is 5.24. The van der Waals surface area contributed by atoms with Crippen LogP contribution in [0.1, 0.15) is 25.7 Å². The molecule has 5 heteroatoms. The molecule has 98 valence electrons. The molecular formula is C13H18IN3O. The first-order valence-corrected chi connectivity index (χ1v) is 7.34. The normalized spacial score (nSPS) is 23.4. The minimum Gasteiger partial charge on any atom is -0.335 e. The smallest absolute Gasteiger partial charge is 0.319 e. The van der Waals surface area contributed by atoms with E-state index < -0.39 is 0 Å². The molecule has 3 N–H and O–H groups in total. The van der Waals surface area contributed by atoms with Crippen LogP contribution in [0.5, 0.6) is 0 Å². The van der Waals surface area contributed by atoms with Crippen molar-refractivity contribution in [3.05, 3.63) is 30.3 Å². The van der Waals surface area contributed by atoms with Crippen molar-refractivity contribution in [2.24, 2.45) is 0 Å². The van der Waals surface area contributed by atoms with Gasteiger partial charge >= 0.3 is 6.03 Å². The van der Waals surface area contributed by atoms with E-state index in [4.69, 9.17) is 0 Å². The molecule has 0 aromatic heterocycles. The quantitative estimate of drug-likeness (QED) is 0.574. The van der Waals surface area contributed by atoms with E-state index in [0.717, 1.165) is 31.4 Å². The van der Waals surface area contributed by atoms with E-state index in [0.29, 0.717) is 12.1 Å². The van der Waals surface area contributed by atoms with Crippen LogP contribution in [0, 0.1) is 0 Å². The van der Waals surface area contributed by atoms with E-state index in [1.807, 2.05) is 30.3 Å². The number of carbonyl (C=O) groups excluding carboxylic acids is 1. The number of para-hydroxylation sites is 1. The minimum atomic E-state index is -0.105. The van der Waals surface area contributed by atoms with Gasteiger partial charge in [-0.2, -0.15) is 0 Å². The van der Waals surface area contributed by atoms with Crippen molar-refractivity contribution in [3.8, 4) is 0 Å². The molecule has 0 radical (unpaired) electrons. The fourth-order valence-corrected chi connectivity index (χ4v) is 2.84. The van der Waals surface area contributed by atoms with E-state index >= 15 is 0 Å². The zero-order chi connectivity index (χ0) is 12.8. The highest BCUT2D eigenvalue weighted by molar-refractivity contribution is 14.1. The summed E-state index contributed by atoms with van der Waals surface area (Å²) in [5, 5.41) is 5.88. The van der Waals surface area contributed by atoms with Crippen LogP contribution in [-0.4, -0.2) is 18.1 Å². The Morgan fingerprint density at radius 2 is 1.67 bits per heavy atom. The molecule has 0 bridgehead atoms. The van der Waals surface area contributed by atoms with E-state index in [1.165, 1.54) is 0 Å². The lowest BCUT2D eigenvalue weighted by atomic mass is 9.92. The Morgan fingerprint density at radius 1 is 1.06 bits per heavy atom. The van der Waals surface area contributed by atoms with Crippen molar-refractivity contribution >= 4 is 34.6 Å². The number of rotatable bonds is 3. The lowest BCUT2D eigenvalue weighted by molar-refractivity contribution is 0.242. The van der Waals surface area contributed by atoms with Crippen molar-refractivity contribution in [2.75, 3.05) is 5.32 Å². The SMILES string of the molecule is O=C(Nc1ccccc1)N[C@H]1CC[C@H](NI)CC1. The molecule has 0 aliphatic heterocycles. The van der Waals surface area contributed by atoms with Crippen LogP contribution in [0.2, 0.25) is 0 Å². The highest BCUT2D eigenvalue weighted by atomic mass is 127. The fraction of sp³-hybridized carbons (Fsp3) is 0.462. The average molecular weight is 359 g/mol. The number of hydrogen-bond acceptors (Lipinski definition) is 2. The zero-order valence-corrected chi connectivity index (χ0v) is 12.3. The number of hydrogen-bond donors (Lipinski definition) is 3. The second-order valence-electron chi connectivity index (χ2n) is 4.62. The standard InChI is InChI=1S/C13H18IN3O/c14-17-12-8-6-11(7-9-12)16-13(18)15-10-4-2-1-3-5-10/h1-5,11-12,17H,6-9H2,(H2,15,16,18)/t11-,12-. The van der Waals surface area contributed by atoms with Crippen molar-refractivity contribution in [1.82, 2.24) is 8.85 Å². The van der Waals surface area contributed by atoms with Crippen molar-refractivity contribution in [3.63, 3.8) is 0 Å². The summed E-state index contributed by atoms with van der Waals surface area (Å²) in [7, 11) is 0. The van der Waals surface area contributed by atoms with Gasteiger partial charge in [-0.15, -0.1) is 0 Å². The topological polar surface area (TPSA) is 53.2 Å². The summed E-state index contributed by atoms with van der Waals surface area (Å²) in [4.78, 5) is 11.8. The molecule has 1 aromatic carbocycles. The Hall–Kier alpha value is -0.820. The molecule has 4 nitrogen and oxygen atoms in total. The number of halogens is 1. The van der Waals surface area contributed by atoms with E-state index in [1.54, 1.807) is 0 Å². The number of anilines is 1. The first-order valence-electron chi connectivity index (χ1n) is 6.26. The van der Waals surface area contributed by atoms with Crippen LogP contribution in [0.15, 0.2) is 30.3 Å². The summed E-state index contributed by atoms with van der Waals surface area (Å²) < 4.78 is 3.26. The van der Waals surface area contributed by atoms with Crippen LogP contribution in [0.4, 0.5) is 10.5 Å². The summed E-state index contributed by atoms with van der Waals surface area (Å²) in [5.74, 6) is 0. The molecule has 18 heavy (non-hydrogen) atoms. The van der Waals surface area contributed by atoms with Crippen LogP contribution in [0.25, 0.3) is 0 Å². The third-order valence-corrected chi connectivity index (χ3v) is 4.13. The number of benzene rings is 1. The van der Waals surface area contributed by atoms with Gasteiger partial charge < -0.3 is 10.6 Å². The van der Waals surface area contributed by atoms with Crippen LogP contribution >= 0.6 is 22.9 Å². The number of carbonyl (C=O) groups is 1. The summed E-state index contributed by atoms with van der Waals surface area (Å²) in [6.45, 7) is 0. The summed E-state index contributed by atoms with van der Waals surface area (Å²) in [6, 6.07) is 10.3. The van der Waals surface area contributed by atoms with Gasteiger partial charge in [0.05, 0.1) is 0 Å². The molecule has 0 spiro atoms. The van der Waals surface area contributed by atoms with Crippen LogP contribution in [0.3, 0.4) is 0 Å². The Labute approximate surface area is 121 Å². The molecule has 0 heterocycles. The third kappa shape index (κ3) is 4.13. The van der Waals surface area contributed by atoms with Crippen LogP contribution in [-0.2, 0) is 0 Å². The summed E-state index contributed by atoms with van der Waals surface area (Å²) in [6.07, 6.45) is 4.34. The predicted octanol–water partition coefficient (Wildman–Crippen LogP) is 3.06. The molecule has 1 fully saturated rings. The maximum absolute atomic E-state index is 11.8. The molecule has 0 unspecified atom stereocenters. The van der Waals surface area contributed by atoms with E-state index in [-0.39, 0.29) is 6.03 Å². The summed E-state index contributed by atoms with van der Waals surface area (Å²) in [5.41, 5.74) is 0.831. The van der Waals surface area contributed by atoms with E-state index in [9.17, 15) is 4.79 Å². The average Bonchev–Trinajstić information content (AvgIpc) is 2.40. The predicted molar refractivity (Wildman–Crippen MR) is 81.8 cm³/mol. The van der Waals surface area contributed by atoms with Gasteiger partial charge in [0.25, 0.3) is 0 Å². The van der Waals surface area contributed by atoms with Gasteiger partial charge in [0.2, 0.25) is 0 Å². The lowest BCUT2D eigenvalue weighted by Gasteiger charge is -2.28. The maximum Gasteiger partial charge on any atom is 0.319 e. The Balaban J connectivity index is 1.75. The molecule has 2 amide bonds. The van der Waals surface area contributed by atoms with Gasteiger partial charge in [0.15, 0.2) is 0 Å². The van der Waals surface area contributed by atoms with Gasteiger partial charge in [-0.05, 0) is 37.8 Å². The highest BCUT2D eigenvalue weighted by Gasteiger charge is 2.21. The maximum atomic E-state index is 11.8. The molecular weight excluding hydrogens is 341 g/mol. The van der Waals surface area contributed by atoms with Crippen molar-refractivity contribution < 1.29 is 4.79 Å². The highest BCUT2D eigenvalue weighted by Crippen LogP contribution is 2.19. The second kappa shape index (κ2) is 6.94. The first kappa shape index (κ1) is 13.6. The monoisotopic (exact) mass is 359 g/mol. The largest absolute Gasteiger partial charge is 0.335 e. The molecule has 0 saturated heterocycles. The fourth-order valence-electron chi connectivity index (χ4n) is 2.22. The third-order valence-electron chi connectivity index (χ3n) is 3.25. The Morgan fingerprint density at radius 3 is 2.28 bits per heavy atom. The molecule has 1 aliphatic carbocycles. The molecule has 1 aromatic rings. The van der Waals surface area contributed by atoms with Gasteiger partial charge in [0.1, 0.15) is 0 Å². The molecule has 2 rings (SSSR count). The van der Waals surface area contributed by atoms with E-state index in [2.05, 4.69) is 37.0 Å². The number of amides is 2. The molecule has 1 saturated carbocycles. The van der Waals surface area contributed by atoms with Gasteiger partial charge in [0, 0.05) is 40.6 Å². The first-order chi connectivity index (χ1) is 8.78. The van der Waals surface area contributed by atoms with Gasteiger partial charge in [-0.1, -0.05) is 18.2 Å². The zero-order valence-electron chi connectivity index (χ0n) is 10.2.